The number of fused-ring (bicyclic) bond motifs is 1. The van der Waals surface area contributed by atoms with Gasteiger partial charge >= 0.3 is 0 Å². The zero-order valence-corrected chi connectivity index (χ0v) is 12.6. The fourth-order valence-electron chi connectivity index (χ4n) is 2.31. The lowest BCUT2D eigenvalue weighted by atomic mass is 10.0. The first kappa shape index (κ1) is 15.1. The average Bonchev–Trinajstić information content (AvgIpc) is 2.92. The molecule has 1 heterocycles. The number of likely N-dealkylation sites (N-methyl/N-ethyl adjacent to an activating group) is 1. The van der Waals surface area contributed by atoms with Gasteiger partial charge in [-0.15, -0.1) is 0 Å². The minimum absolute atomic E-state index is 0.169. The standard InChI is InChI=1S/C16H21N3O2/c1-10(2)8-14(16(21)17-3)19-15(20)12-5-4-11-6-7-18-13(11)9-12/h4-7,9-10,14,18H,8H2,1-3H3,(H,17,21)(H,19,20). The predicted octanol–water partition coefficient (Wildman–Crippen LogP) is 2.06. The molecule has 2 rings (SSSR count). The summed E-state index contributed by atoms with van der Waals surface area (Å²) in [6.45, 7) is 4.04. The second-order valence-corrected chi connectivity index (χ2v) is 5.55. The Morgan fingerprint density at radius 2 is 2.00 bits per heavy atom. The van der Waals surface area contributed by atoms with Crippen LogP contribution in [0, 0.1) is 5.92 Å². The van der Waals surface area contributed by atoms with Gasteiger partial charge in [-0.05, 0) is 35.9 Å². The van der Waals surface area contributed by atoms with E-state index in [1.807, 2.05) is 32.2 Å². The molecule has 1 aromatic carbocycles. The Kier molecular flexibility index (Phi) is 4.62. The molecule has 0 saturated carbocycles. The number of aromatic amines is 1. The fourth-order valence-corrected chi connectivity index (χ4v) is 2.31. The summed E-state index contributed by atoms with van der Waals surface area (Å²) in [6, 6.07) is 6.88. The molecule has 0 aliphatic carbocycles. The first-order chi connectivity index (χ1) is 10.0. The van der Waals surface area contributed by atoms with E-state index in [0.29, 0.717) is 17.9 Å². The van der Waals surface area contributed by atoms with Crippen LogP contribution in [0.4, 0.5) is 0 Å². The highest BCUT2D eigenvalue weighted by molar-refractivity contribution is 6.00. The van der Waals surface area contributed by atoms with Gasteiger partial charge in [0.25, 0.3) is 5.91 Å². The van der Waals surface area contributed by atoms with Crippen LogP contribution in [0.15, 0.2) is 30.5 Å². The molecule has 0 aliphatic rings. The quantitative estimate of drug-likeness (QED) is 0.787. The minimum Gasteiger partial charge on any atom is -0.361 e. The minimum atomic E-state index is -0.512. The third kappa shape index (κ3) is 3.62. The van der Waals surface area contributed by atoms with Gasteiger partial charge in [-0.3, -0.25) is 9.59 Å². The number of hydrogen-bond donors (Lipinski definition) is 3. The van der Waals surface area contributed by atoms with Crippen molar-refractivity contribution in [2.45, 2.75) is 26.3 Å². The lowest BCUT2D eigenvalue weighted by Crippen LogP contribution is -2.46. The number of benzene rings is 1. The molecule has 0 aliphatic heterocycles. The third-order valence-electron chi connectivity index (χ3n) is 3.39. The van der Waals surface area contributed by atoms with Gasteiger partial charge in [0, 0.05) is 24.3 Å². The SMILES string of the molecule is CNC(=O)C(CC(C)C)NC(=O)c1ccc2cc[nH]c2c1. The second kappa shape index (κ2) is 6.43. The summed E-state index contributed by atoms with van der Waals surface area (Å²) < 4.78 is 0. The highest BCUT2D eigenvalue weighted by Gasteiger charge is 2.21. The van der Waals surface area contributed by atoms with Crippen molar-refractivity contribution < 1.29 is 9.59 Å². The van der Waals surface area contributed by atoms with Gasteiger partial charge in [-0.25, -0.2) is 0 Å². The van der Waals surface area contributed by atoms with Crippen molar-refractivity contribution in [3.05, 3.63) is 36.0 Å². The summed E-state index contributed by atoms with van der Waals surface area (Å²) in [5.41, 5.74) is 1.45. The molecule has 1 aromatic heterocycles. The van der Waals surface area contributed by atoms with E-state index in [2.05, 4.69) is 15.6 Å². The zero-order valence-electron chi connectivity index (χ0n) is 12.6. The summed E-state index contributed by atoms with van der Waals surface area (Å²) in [6.07, 6.45) is 2.44. The van der Waals surface area contributed by atoms with Gasteiger partial charge in [0.05, 0.1) is 0 Å². The molecule has 0 saturated heterocycles. The highest BCUT2D eigenvalue weighted by Crippen LogP contribution is 2.14. The van der Waals surface area contributed by atoms with Crippen molar-refractivity contribution in [1.82, 2.24) is 15.6 Å². The molecule has 112 valence electrons. The first-order valence-corrected chi connectivity index (χ1v) is 7.11. The number of rotatable bonds is 5. The van der Waals surface area contributed by atoms with Gasteiger partial charge in [-0.1, -0.05) is 19.9 Å². The van der Waals surface area contributed by atoms with Crippen LogP contribution < -0.4 is 10.6 Å². The molecule has 0 bridgehead atoms. The summed E-state index contributed by atoms with van der Waals surface area (Å²) in [4.78, 5) is 27.2. The second-order valence-electron chi connectivity index (χ2n) is 5.55. The van der Waals surface area contributed by atoms with Gasteiger partial charge in [0.1, 0.15) is 6.04 Å². The van der Waals surface area contributed by atoms with Crippen LogP contribution >= 0.6 is 0 Å². The number of carbonyl (C=O) groups is 2. The zero-order chi connectivity index (χ0) is 15.4. The summed E-state index contributed by atoms with van der Waals surface area (Å²) >= 11 is 0. The third-order valence-corrected chi connectivity index (χ3v) is 3.39. The summed E-state index contributed by atoms with van der Waals surface area (Å²) in [5, 5.41) is 6.45. The Balaban J connectivity index is 2.15. The molecule has 2 amide bonds. The molecular weight excluding hydrogens is 266 g/mol. The molecule has 5 heteroatoms. The monoisotopic (exact) mass is 287 g/mol. The summed E-state index contributed by atoms with van der Waals surface area (Å²) in [7, 11) is 1.58. The maximum Gasteiger partial charge on any atom is 0.252 e. The van der Waals surface area contributed by atoms with Crippen LogP contribution in [0.1, 0.15) is 30.6 Å². The Hall–Kier alpha value is -2.30. The Labute approximate surface area is 124 Å². The molecule has 1 unspecified atom stereocenters. The molecule has 2 aromatic rings. The van der Waals surface area contributed by atoms with Crippen molar-refractivity contribution in [2.24, 2.45) is 5.92 Å². The number of hydrogen-bond acceptors (Lipinski definition) is 2. The largest absolute Gasteiger partial charge is 0.361 e. The maximum atomic E-state index is 12.3. The van der Waals surface area contributed by atoms with E-state index < -0.39 is 6.04 Å². The van der Waals surface area contributed by atoms with Crippen LogP contribution in [-0.2, 0) is 4.79 Å². The van der Waals surface area contributed by atoms with Gasteiger partial charge in [0.2, 0.25) is 5.91 Å². The molecule has 21 heavy (non-hydrogen) atoms. The Morgan fingerprint density at radius 3 is 2.67 bits per heavy atom. The molecule has 0 spiro atoms. The normalized spacial score (nSPS) is 12.4. The van der Waals surface area contributed by atoms with Crippen molar-refractivity contribution >= 4 is 22.7 Å². The molecule has 3 N–H and O–H groups in total. The van der Waals surface area contributed by atoms with E-state index in [0.717, 1.165) is 10.9 Å². The first-order valence-electron chi connectivity index (χ1n) is 7.11. The topological polar surface area (TPSA) is 74.0 Å². The number of H-pyrrole nitrogens is 1. The lowest BCUT2D eigenvalue weighted by Gasteiger charge is -2.19. The molecule has 0 radical (unpaired) electrons. The van der Waals surface area contributed by atoms with Crippen LogP contribution in [0.2, 0.25) is 0 Å². The van der Waals surface area contributed by atoms with E-state index in [9.17, 15) is 9.59 Å². The van der Waals surface area contributed by atoms with Crippen molar-refractivity contribution in [3.63, 3.8) is 0 Å². The van der Waals surface area contributed by atoms with Crippen LogP contribution in [0.25, 0.3) is 10.9 Å². The Bertz CT molecular complexity index is 646. The number of nitrogens with one attached hydrogen (secondary N) is 3. The van der Waals surface area contributed by atoms with E-state index in [1.54, 1.807) is 19.2 Å². The van der Waals surface area contributed by atoms with Gasteiger partial charge in [0.15, 0.2) is 0 Å². The number of carbonyl (C=O) groups excluding carboxylic acids is 2. The molecular formula is C16H21N3O2. The maximum absolute atomic E-state index is 12.3. The Morgan fingerprint density at radius 1 is 1.24 bits per heavy atom. The number of aromatic nitrogens is 1. The average molecular weight is 287 g/mol. The van der Waals surface area contributed by atoms with Crippen LogP contribution in [0.3, 0.4) is 0 Å². The van der Waals surface area contributed by atoms with E-state index in [1.165, 1.54) is 0 Å². The highest BCUT2D eigenvalue weighted by atomic mass is 16.2. The fraction of sp³-hybridized carbons (Fsp3) is 0.375. The molecule has 1 atom stereocenters. The smallest absolute Gasteiger partial charge is 0.252 e. The predicted molar refractivity (Wildman–Crippen MR) is 83.1 cm³/mol. The van der Waals surface area contributed by atoms with Crippen molar-refractivity contribution in [1.29, 1.82) is 0 Å². The molecule has 0 fully saturated rings. The van der Waals surface area contributed by atoms with Gasteiger partial charge in [-0.2, -0.15) is 0 Å². The van der Waals surface area contributed by atoms with E-state index >= 15 is 0 Å². The number of amides is 2. The summed E-state index contributed by atoms with van der Waals surface area (Å²) in [5.74, 6) is -0.0859. The van der Waals surface area contributed by atoms with Crippen molar-refractivity contribution in [3.8, 4) is 0 Å². The van der Waals surface area contributed by atoms with Crippen LogP contribution in [-0.4, -0.2) is 29.9 Å². The van der Waals surface area contributed by atoms with E-state index in [4.69, 9.17) is 0 Å². The van der Waals surface area contributed by atoms with Gasteiger partial charge < -0.3 is 15.6 Å². The van der Waals surface area contributed by atoms with Crippen LogP contribution in [0.5, 0.6) is 0 Å². The molecule has 5 nitrogen and oxygen atoms in total. The van der Waals surface area contributed by atoms with Crippen molar-refractivity contribution in [2.75, 3.05) is 7.05 Å². The lowest BCUT2D eigenvalue weighted by molar-refractivity contribution is -0.122. The van der Waals surface area contributed by atoms with E-state index in [-0.39, 0.29) is 11.8 Å².